The molecule has 3 aromatic rings. The van der Waals surface area contributed by atoms with Crippen LogP contribution in [0.5, 0.6) is 0 Å². The summed E-state index contributed by atoms with van der Waals surface area (Å²) in [5, 5.41) is 2.34. The van der Waals surface area contributed by atoms with Crippen LogP contribution < -0.4 is 9.62 Å². The van der Waals surface area contributed by atoms with E-state index in [2.05, 4.69) is 5.32 Å². The van der Waals surface area contributed by atoms with Gasteiger partial charge in [-0.2, -0.15) is 13.2 Å². The zero-order chi connectivity index (χ0) is 29.7. The summed E-state index contributed by atoms with van der Waals surface area (Å²) in [6.07, 6.45) is -4.80. The molecule has 0 aliphatic rings. The second-order valence-electron chi connectivity index (χ2n) is 9.07. The molecule has 214 valence electrons. The fourth-order valence-electron chi connectivity index (χ4n) is 3.91. The summed E-state index contributed by atoms with van der Waals surface area (Å²) < 4.78 is 68.8. The molecule has 3 rings (SSSR count). The van der Waals surface area contributed by atoms with Crippen LogP contribution in [-0.2, 0) is 32.3 Å². The Morgan fingerprint density at radius 3 is 2.20 bits per heavy atom. The number of amides is 2. The molecule has 0 fully saturated rings. The number of halogens is 4. The van der Waals surface area contributed by atoms with Gasteiger partial charge in [-0.1, -0.05) is 59.6 Å². The fraction of sp³-hybridized carbons (Fsp3) is 0.286. The summed E-state index contributed by atoms with van der Waals surface area (Å²) in [6.45, 7) is 4.42. The molecule has 3 aromatic carbocycles. The van der Waals surface area contributed by atoms with Gasteiger partial charge < -0.3 is 10.2 Å². The molecular formula is C28H29ClF3N3O4S. The summed E-state index contributed by atoms with van der Waals surface area (Å²) in [5.41, 5.74) is -0.0168. The highest BCUT2D eigenvalue weighted by molar-refractivity contribution is 7.92. The summed E-state index contributed by atoms with van der Waals surface area (Å²) in [5.74, 6) is -1.29. The minimum Gasteiger partial charge on any atom is -0.355 e. The van der Waals surface area contributed by atoms with Gasteiger partial charge in [0.25, 0.3) is 10.0 Å². The third-order valence-corrected chi connectivity index (χ3v) is 8.24. The number of carbonyl (C=O) groups excluding carboxylic acids is 2. The number of benzene rings is 3. The number of nitrogens with zero attached hydrogens (tertiary/aromatic N) is 2. The third kappa shape index (κ3) is 7.33. The Hall–Kier alpha value is -3.57. The van der Waals surface area contributed by atoms with Crippen LogP contribution in [0.1, 0.15) is 30.5 Å². The highest BCUT2D eigenvalue weighted by Crippen LogP contribution is 2.37. The number of alkyl halides is 3. The van der Waals surface area contributed by atoms with Crippen molar-refractivity contribution in [1.29, 1.82) is 0 Å². The van der Waals surface area contributed by atoms with Gasteiger partial charge in [0.15, 0.2) is 0 Å². The van der Waals surface area contributed by atoms with Crippen molar-refractivity contribution in [2.75, 3.05) is 17.4 Å². The molecule has 7 nitrogen and oxygen atoms in total. The van der Waals surface area contributed by atoms with Gasteiger partial charge in [-0.25, -0.2) is 8.42 Å². The van der Waals surface area contributed by atoms with Gasteiger partial charge in [0.05, 0.1) is 21.2 Å². The van der Waals surface area contributed by atoms with Crippen molar-refractivity contribution in [3.05, 3.63) is 94.5 Å². The van der Waals surface area contributed by atoms with Gasteiger partial charge in [-0.05, 0) is 56.7 Å². The van der Waals surface area contributed by atoms with Gasteiger partial charge in [0, 0.05) is 13.1 Å². The van der Waals surface area contributed by atoms with Crippen LogP contribution in [0.3, 0.4) is 0 Å². The van der Waals surface area contributed by atoms with Crippen LogP contribution in [-0.4, -0.2) is 44.3 Å². The van der Waals surface area contributed by atoms with Crippen LogP contribution >= 0.6 is 11.6 Å². The lowest BCUT2D eigenvalue weighted by atomic mass is 10.1. The van der Waals surface area contributed by atoms with E-state index >= 15 is 0 Å². The molecule has 0 spiro atoms. The normalized spacial score (nSPS) is 12.5. The molecule has 0 aromatic heterocycles. The monoisotopic (exact) mass is 595 g/mol. The lowest BCUT2D eigenvalue weighted by Gasteiger charge is -2.32. The summed E-state index contributed by atoms with van der Waals surface area (Å²) in [6, 6.07) is 15.4. The number of hydrogen-bond donors (Lipinski definition) is 1. The highest BCUT2D eigenvalue weighted by Gasteiger charge is 2.36. The molecular weight excluding hydrogens is 567 g/mol. The molecule has 0 radical (unpaired) electrons. The number of carbonyl (C=O) groups is 2. The summed E-state index contributed by atoms with van der Waals surface area (Å²) >= 11 is 6.23. The van der Waals surface area contributed by atoms with Crippen LogP contribution in [0.4, 0.5) is 18.9 Å². The van der Waals surface area contributed by atoms with E-state index < -0.39 is 51.9 Å². The van der Waals surface area contributed by atoms with Crippen molar-refractivity contribution in [2.45, 2.75) is 44.4 Å². The molecule has 0 aliphatic heterocycles. The molecule has 0 saturated heterocycles. The number of rotatable bonds is 10. The van der Waals surface area contributed by atoms with E-state index in [-0.39, 0.29) is 16.5 Å². The highest BCUT2D eigenvalue weighted by atomic mass is 35.5. The molecule has 0 bridgehead atoms. The lowest BCUT2D eigenvalue weighted by Crippen LogP contribution is -2.51. The Kier molecular flexibility index (Phi) is 9.86. The second kappa shape index (κ2) is 12.7. The number of sulfonamides is 1. The zero-order valence-corrected chi connectivity index (χ0v) is 23.6. The van der Waals surface area contributed by atoms with Crippen molar-refractivity contribution in [3.63, 3.8) is 0 Å². The van der Waals surface area contributed by atoms with Crippen LogP contribution in [0.25, 0.3) is 0 Å². The van der Waals surface area contributed by atoms with Gasteiger partial charge >= 0.3 is 6.18 Å². The van der Waals surface area contributed by atoms with E-state index in [0.717, 1.165) is 17.7 Å². The first-order valence-corrected chi connectivity index (χ1v) is 14.1. The molecule has 12 heteroatoms. The van der Waals surface area contributed by atoms with E-state index in [4.69, 9.17) is 11.6 Å². The Balaban J connectivity index is 2.12. The fourth-order valence-corrected chi connectivity index (χ4v) is 5.62. The Morgan fingerprint density at radius 1 is 1.00 bits per heavy atom. The van der Waals surface area contributed by atoms with Crippen LogP contribution in [0.2, 0.25) is 5.02 Å². The predicted molar refractivity (Wildman–Crippen MR) is 147 cm³/mol. The minimum absolute atomic E-state index is 0.0486. The second-order valence-corrected chi connectivity index (χ2v) is 11.3. The van der Waals surface area contributed by atoms with Gasteiger partial charge in [0.1, 0.15) is 12.6 Å². The van der Waals surface area contributed by atoms with E-state index in [1.54, 1.807) is 25.1 Å². The lowest BCUT2D eigenvalue weighted by molar-refractivity contribution is -0.139. The maximum atomic E-state index is 13.8. The maximum Gasteiger partial charge on any atom is 0.416 e. The Bertz CT molecular complexity index is 1450. The van der Waals surface area contributed by atoms with Gasteiger partial charge in [0.2, 0.25) is 11.8 Å². The zero-order valence-electron chi connectivity index (χ0n) is 22.1. The minimum atomic E-state index is -4.80. The molecule has 0 aliphatic carbocycles. The van der Waals surface area contributed by atoms with Crippen molar-refractivity contribution in [1.82, 2.24) is 10.2 Å². The van der Waals surface area contributed by atoms with E-state index in [0.29, 0.717) is 22.5 Å². The number of likely N-dealkylation sites (N-methyl/N-ethyl adjacent to an activating group) is 1. The van der Waals surface area contributed by atoms with E-state index in [9.17, 15) is 31.2 Å². The first kappa shape index (κ1) is 31.0. The Morgan fingerprint density at radius 2 is 1.62 bits per heavy atom. The van der Waals surface area contributed by atoms with E-state index in [1.807, 2.05) is 19.1 Å². The molecule has 1 N–H and O–H groups in total. The predicted octanol–water partition coefficient (Wildman–Crippen LogP) is 5.42. The average molecular weight is 596 g/mol. The van der Waals surface area contributed by atoms with Crippen molar-refractivity contribution < 1.29 is 31.2 Å². The van der Waals surface area contributed by atoms with Crippen molar-refractivity contribution in [2.24, 2.45) is 0 Å². The first-order chi connectivity index (χ1) is 18.8. The van der Waals surface area contributed by atoms with Crippen LogP contribution in [0, 0.1) is 6.92 Å². The first-order valence-electron chi connectivity index (χ1n) is 12.3. The van der Waals surface area contributed by atoms with Crippen molar-refractivity contribution >= 4 is 39.1 Å². The third-order valence-electron chi connectivity index (χ3n) is 6.14. The molecule has 2 amide bonds. The molecule has 0 saturated carbocycles. The smallest absolute Gasteiger partial charge is 0.355 e. The Labute approximate surface area is 236 Å². The number of hydrogen-bond acceptors (Lipinski definition) is 4. The van der Waals surface area contributed by atoms with Gasteiger partial charge in [-0.15, -0.1) is 0 Å². The van der Waals surface area contributed by atoms with Crippen molar-refractivity contribution in [3.8, 4) is 0 Å². The molecule has 1 atom stereocenters. The molecule has 40 heavy (non-hydrogen) atoms. The largest absolute Gasteiger partial charge is 0.416 e. The number of nitrogens with one attached hydrogen (secondary N) is 1. The summed E-state index contributed by atoms with van der Waals surface area (Å²) in [4.78, 5) is 27.5. The number of anilines is 1. The standard InChI is InChI=1S/C28H29ClF3N3O4S/c1-4-33-27(37)20(3)34(17-21-12-10-19(2)11-13-21)26(36)18-35(40(38,39)23-8-6-5-7-9-23)25-16-22(28(30,31)32)14-15-24(25)29/h5-16,20H,4,17-18H2,1-3H3,(H,33,37)/t20-/m1/s1. The SMILES string of the molecule is CCNC(=O)[C@@H](C)N(Cc1ccc(C)cc1)C(=O)CN(c1cc(C(F)(F)F)ccc1Cl)S(=O)(=O)c1ccccc1. The molecule has 0 unspecified atom stereocenters. The van der Waals surface area contributed by atoms with E-state index in [1.165, 1.54) is 36.1 Å². The van der Waals surface area contributed by atoms with Crippen LogP contribution in [0.15, 0.2) is 77.7 Å². The summed E-state index contributed by atoms with van der Waals surface area (Å²) in [7, 11) is -4.57. The topological polar surface area (TPSA) is 86.8 Å². The van der Waals surface area contributed by atoms with Gasteiger partial charge in [-0.3, -0.25) is 13.9 Å². The maximum absolute atomic E-state index is 13.8. The quantitative estimate of drug-likeness (QED) is 0.339. The number of aryl methyl sites for hydroxylation is 1. The average Bonchev–Trinajstić information content (AvgIpc) is 2.91. The molecule has 0 heterocycles.